The maximum Gasteiger partial charge on any atom is 0.121 e. The summed E-state index contributed by atoms with van der Waals surface area (Å²) in [5, 5.41) is 8.97. The van der Waals surface area contributed by atoms with Gasteiger partial charge in [0.05, 0.1) is 0 Å². The highest BCUT2D eigenvalue weighted by atomic mass is 19.1. The van der Waals surface area contributed by atoms with Gasteiger partial charge in [-0.3, -0.25) is 0 Å². The summed E-state index contributed by atoms with van der Waals surface area (Å²) in [4.78, 5) is 1.87. The topological polar surface area (TPSA) is 23.5 Å². The van der Waals surface area contributed by atoms with Crippen LogP contribution in [0.15, 0.2) is 0 Å². The van der Waals surface area contributed by atoms with Crippen LogP contribution in [0.4, 0.5) is 4.39 Å². The third kappa shape index (κ3) is 0.833. The molecule has 1 heterocycles. The van der Waals surface area contributed by atoms with Crippen LogP contribution in [-0.2, 0) is 0 Å². The van der Waals surface area contributed by atoms with Crippen molar-refractivity contribution in [2.75, 3.05) is 26.8 Å². The average molecular weight is 119 g/mol. The first kappa shape index (κ1) is 5.98. The Bertz CT molecular complexity index is 90.4. The molecule has 0 aromatic carbocycles. The Labute approximate surface area is 47.9 Å². The SMILES string of the molecule is CN1CC(O)(CF)C1. The molecule has 2 nitrogen and oxygen atoms in total. The number of alkyl halides is 1. The largest absolute Gasteiger partial charge is 0.384 e. The van der Waals surface area contributed by atoms with Gasteiger partial charge in [0.15, 0.2) is 0 Å². The lowest BCUT2D eigenvalue weighted by atomic mass is 9.97. The highest BCUT2D eigenvalue weighted by Crippen LogP contribution is 2.18. The van der Waals surface area contributed by atoms with Crippen molar-refractivity contribution in [3.63, 3.8) is 0 Å². The summed E-state index contributed by atoms with van der Waals surface area (Å²) in [6.45, 7) is 0.338. The molecule has 0 spiro atoms. The molecule has 0 aromatic heterocycles. The number of likely N-dealkylation sites (tertiary alicyclic amines) is 1. The van der Waals surface area contributed by atoms with Gasteiger partial charge >= 0.3 is 0 Å². The molecular formula is C5H10FNO. The smallest absolute Gasteiger partial charge is 0.121 e. The zero-order valence-electron chi connectivity index (χ0n) is 4.89. The minimum atomic E-state index is -1.01. The van der Waals surface area contributed by atoms with Gasteiger partial charge in [-0.2, -0.15) is 0 Å². The van der Waals surface area contributed by atoms with E-state index in [2.05, 4.69) is 0 Å². The van der Waals surface area contributed by atoms with Gasteiger partial charge in [-0.05, 0) is 7.05 Å². The molecule has 1 rings (SSSR count). The summed E-state index contributed by atoms with van der Waals surface area (Å²) in [6, 6.07) is 0. The summed E-state index contributed by atoms with van der Waals surface area (Å²) < 4.78 is 11.7. The molecule has 0 unspecified atom stereocenters. The Morgan fingerprint density at radius 1 is 1.75 bits per heavy atom. The molecule has 8 heavy (non-hydrogen) atoms. The molecule has 0 radical (unpaired) electrons. The van der Waals surface area contributed by atoms with E-state index in [0.29, 0.717) is 13.1 Å². The molecule has 1 fully saturated rings. The van der Waals surface area contributed by atoms with Crippen LogP contribution in [0.3, 0.4) is 0 Å². The summed E-state index contributed by atoms with van der Waals surface area (Å²) in [5.74, 6) is 0. The van der Waals surface area contributed by atoms with Crippen LogP contribution in [0.25, 0.3) is 0 Å². The maximum absolute atomic E-state index is 11.7. The molecule has 0 bridgehead atoms. The number of rotatable bonds is 1. The predicted octanol–water partition coefficient (Wildman–Crippen LogP) is -0.368. The minimum absolute atomic E-state index is 0.476. The molecule has 1 saturated heterocycles. The molecule has 0 atom stereocenters. The van der Waals surface area contributed by atoms with Crippen molar-refractivity contribution in [1.82, 2.24) is 4.90 Å². The van der Waals surface area contributed by atoms with Crippen molar-refractivity contribution in [1.29, 1.82) is 0 Å². The fraction of sp³-hybridized carbons (Fsp3) is 1.00. The quantitative estimate of drug-likeness (QED) is 0.509. The van der Waals surface area contributed by atoms with E-state index in [1.807, 2.05) is 11.9 Å². The zero-order valence-corrected chi connectivity index (χ0v) is 4.89. The van der Waals surface area contributed by atoms with Gasteiger partial charge in [0, 0.05) is 13.1 Å². The molecule has 1 aliphatic rings. The summed E-state index contributed by atoms with van der Waals surface area (Å²) in [5.41, 5.74) is -1.01. The van der Waals surface area contributed by atoms with Gasteiger partial charge in [-0.15, -0.1) is 0 Å². The van der Waals surface area contributed by atoms with Crippen molar-refractivity contribution in [3.8, 4) is 0 Å². The lowest BCUT2D eigenvalue weighted by Gasteiger charge is -2.42. The second-order valence-electron chi connectivity index (χ2n) is 2.53. The van der Waals surface area contributed by atoms with E-state index in [1.165, 1.54) is 0 Å². The monoisotopic (exact) mass is 119 g/mol. The molecule has 0 aliphatic carbocycles. The van der Waals surface area contributed by atoms with Crippen molar-refractivity contribution in [2.45, 2.75) is 5.60 Å². The van der Waals surface area contributed by atoms with Crippen molar-refractivity contribution >= 4 is 0 Å². The first-order valence-corrected chi connectivity index (χ1v) is 2.63. The molecule has 1 N–H and O–H groups in total. The van der Waals surface area contributed by atoms with E-state index in [0.717, 1.165) is 0 Å². The van der Waals surface area contributed by atoms with Crippen LogP contribution in [-0.4, -0.2) is 42.4 Å². The van der Waals surface area contributed by atoms with E-state index in [4.69, 9.17) is 5.11 Å². The minimum Gasteiger partial charge on any atom is -0.384 e. The summed E-state index contributed by atoms with van der Waals surface area (Å²) in [6.07, 6.45) is 0. The fourth-order valence-corrected chi connectivity index (χ4v) is 1.04. The Morgan fingerprint density at radius 2 is 2.25 bits per heavy atom. The van der Waals surface area contributed by atoms with Gasteiger partial charge in [-0.25, -0.2) is 4.39 Å². The first-order valence-electron chi connectivity index (χ1n) is 2.63. The zero-order chi connectivity index (χ0) is 6.20. The van der Waals surface area contributed by atoms with E-state index in [1.54, 1.807) is 0 Å². The predicted molar refractivity (Wildman–Crippen MR) is 28.4 cm³/mol. The van der Waals surface area contributed by atoms with Crippen LogP contribution in [0.1, 0.15) is 0 Å². The molecule has 1 aliphatic heterocycles. The highest BCUT2D eigenvalue weighted by Gasteiger charge is 2.38. The molecule has 0 aromatic rings. The number of nitrogens with zero attached hydrogens (tertiary/aromatic N) is 1. The van der Waals surface area contributed by atoms with Gasteiger partial charge < -0.3 is 10.0 Å². The summed E-state index contributed by atoms with van der Waals surface area (Å²) >= 11 is 0. The molecule has 0 saturated carbocycles. The molecule has 0 amide bonds. The Hall–Kier alpha value is -0.150. The Kier molecular flexibility index (Phi) is 1.25. The second-order valence-corrected chi connectivity index (χ2v) is 2.53. The molecular weight excluding hydrogens is 109 g/mol. The van der Waals surface area contributed by atoms with Gasteiger partial charge in [0.2, 0.25) is 0 Å². The molecule has 48 valence electrons. The standard InChI is InChI=1S/C5H10FNO/c1-7-3-5(8,2-6)4-7/h8H,2-4H2,1H3. The molecule has 3 heteroatoms. The van der Waals surface area contributed by atoms with E-state index < -0.39 is 12.3 Å². The maximum atomic E-state index is 11.7. The number of hydrogen-bond acceptors (Lipinski definition) is 2. The fourth-order valence-electron chi connectivity index (χ4n) is 1.04. The lowest BCUT2D eigenvalue weighted by molar-refractivity contribution is -0.0987. The Balaban J connectivity index is 2.30. The number of β-amino-alcohol motifs (C(OH)–C–C–N with tert-alkyl or cyclic N) is 1. The van der Waals surface area contributed by atoms with Crippen LogP contribution >= 0.6 is 0 Å². The second kappa shape index (κ2) is 1.67. The van der Waals surface area contributed by atoms with E-state index in [-0.39, 0.29) is 0 Å². The van der Waals surface area contributed by atoms with Crippen LogP contribution in [0, 0.1) is 0 Å². The van der Waals surface area contributed by atoms with E-state index >= 15 is 0 Å². The first-order chi connectivity index (χ1) is 3.66. The van der Waals surface area contributed by atoms with Gasteiger partial charge in [-0.1, -0.05) is 0 Å². The lowest BCUT2D eigenvalue weighted by Crippen LogP contribution is -2.61. The number of aliphatic hydroxyl groups is 1. The number of hydrogen-bond donors (Lipinski definition) is 1. The highest BCUT2D eigenvalue weighted by molar-refractivity contribution is 4.92. The van der Waals surface area contributed by atoms with Crippen LogP contribution < -0.4 is 0 Å². The average Bonchev–Trinajstić information content (AvgIpc) is 1.63. The van der Waals surface area contributed by atoms with Gasteiger partial charge in [0.25, 0.3) is 0 Å². The number of likely N-dealkylation sites (N-methyl/N-ethyl adjacent to an activating group) is 1. The van der Waals surface area contributed by atoms with Crippen LogP contribution in [0.5, 0.6) is 0 Å². The Morgan fingerprint density at radius 3 is 2.38 bits per heavy atom. The van der Waals surface area contributed by atoms with Crippen molar-refractivity contribution < 1.29 is 9.50 Å². The van der Waals surface area contributed by atoms with E-state index in [9.17, 15) is 4.39 Å². The van der Waals surface area contributed by atoms with Gasteiger partial charge in [0.1, 0.15) is 12.3 Å². The van der Waals surface area contributed by atoms with Crippen molar-refractivity contribution in [3.05, 3.63) is 0 Å². The normalized spacial score (nSPS) is 27.4. The summed E-state index contributed by atoms with van der Waals surface area (Å²) in [7, 11) is 1.85. The number of halogens is 1. The third-order valence-corrected chi connectivity index (χ3v) is 1.38. The third-order valence-electron chi connectivity index (χ3n) is 1.38. The van der Waals surface area contributed by atoms with Crippen LogP contribution in [0.2, 0.25) is 0 Å². The van der Waals surface area contributed by atoms with Crippen molar-refractivity contribution in [2.24, 2.45) is 0 Å².